The van der Waals surface area contributed by atoms with Crippen molar-refractivity contribution in [3.63, 3.8) is 0 Å². The van der Waals surface area contributed by atoms with Gasteiger partial charge in [0.25, 0.3) is 0 Å². The maximum absolute atomic E-state index is 12.8. The highest BCUT2D eigenvalue weighted by Gasteiger charge is 2.35. The van der Waals surface area contributed by atoms with Gasteiger partial charge in [0.15, 0.2) is 0 Å². The van der Waals surface area contributed by atoms with Crippen LogP contribution in [0.4, 0.5) is 18.9 Å². The summed E-state index contributed by atoms with van der Waals surface area (Å²) >= 11 is 1.16. The Morgan fingerprint density at radius 1 is 1.31 bits per heavy atom. The summed E-state index contributed by atoms with van der Waals surface area (Å²) in [5.41, 5.74) is -0.646. The topological polar surface area (TPSA) is 49.4 Å². The second-order valence-electron chi connectivity index (χ2n) is 6.93. The number of nitrogens with zero attached hydrogens (tertiary/aromatic N) is 1. The standard InChI is InChI=1S/C18H21F3N2O2S/c1-11-3-2-7-23(8-6-11)16(24)10-15-17(25)22-13-9-12(18(19,20)21)4-5-14(13)26-15/h4-5,9,11,15H,2-3,6-8,10H2,1H3,(H,22,25)/t11-,15-/m0/s1. The summed E-state index contributed by atoms with van der Waals surface area (Å²) in [5.74, 6) is 0.107. The predicted octanol–water partition coefficient (Wildman–Crippen LogP) is 4.16. The van der Waals surface area contributed by atoms with Crippen LogP contribution in [-0.4, -0.2) is 35.1 Å². The predicted molar refractivity (Wildman–Crippen MR) is 93.9 cm³/mol. The van der Waals surface area contributed by atoms with Crippen molar-refractivity contribution in [3.05, 3.63) is 23.8 Å². The minimum atomic E-state index is -4.46. The molecule has 1 aromatic rings. The van der Waals surface area contributed by atoms with Crippen molar-refractivity contribution in [2.24, 2.45) is 5.92 Å². The van der Waals surface area contributed by atoms with Crippen LogP contribution in [0.15, 0.2) is 23.1 Å². The third kappa shape index (κ3) is 4.34. The van der Waals surface area contributed by atoms with E-state index in [-0.39, 0.29) is 18.0 Å². The summed E-state index contributed by atoms with van der Waals surface area (Å²) < 4.78 is 38.4. The van der Waals surface area contributed by atoms with Crippen LogP contribution in [0, 0.1) is 5.92 Å². The van der Waals surface area contributed by atoms with E-state index < -0.39 is 22.9 Å². The maximum Gasteiger partial charge on any atom is 0.416 e. The molecule has 0 saturated carbocycles. The first-order chi connectivity index (χ1) is 12.2. The van der Waals surface area contributed by atoms with Gasteiger partial charge < -0.3 is 10.2 Å². The number of hydrogen-bond acceptors (Lipinski definition) is 3. The first-order valence-corrected chi connectivity index (χ1v) is 9.58. The number of fused-ring (bicyclic) bond motifs is 1. The third-order valence-electron chi connectivity index (χ3n) is 4.86. The number of thioether (sulfide) groups is 1. The van der Waals surface area contributed by atoms with E-state index >= 15 is 0 Å². The van der Waals surface area contributed by atoms with Gasteiger partial charge in [-0.25, -0.2) is 0 Å². The zero-order valence-electron chi connectivity index (χ0n) is 14.4. The van der Waals surface area contributed by atoms with Gasteiger partial charge in [0.05, 0.1) is 16.5 Å². The van der Waals surface area contributed by atoms with Gasteiger partial charge in [0, 0.05) is 24.4 Å². The summed E-state index contributed by atoms with van der Waals surface area (Å²) in [5, 5.41) is 1.90. The first kappa shape index (κ1) is 19.1. The number of benzene rings is 1. The fraction of sp³-hybridized carbons (Fsp3) is 0.556. The maximum atomic E-state index is 12.8. The number of carbonyl (C=O) groups excluding carboxylic acids is 2. The minimum absolute atomic E-state index is 0.0609. The van der Waals surface area contributed by atoms with Crippen LogP contribution in [0.3, 0.4) is 0 Å². The number of likely N-dealkylation sites (tertiary alicyclic amines) is 1. The molecule has 2 amide bonds. The molecule has 26 heavy (non-hydrogen) atoms. The van der Waals surface area contributed by atoms with Crippen molar-refractivity contribution in [3.8, 4) is 0 Å². The Balaban J connectivity index is 1.67. The monoisotopic (exact) mass is 386 g/mol. The molecule has 0 unspecified atom stereocenters. The Kier molecular flexibility index (Phi) is 5.50. The average molecular weight is 386 g/mol. The summed E-state index contributed by atoms with van der Waals surface area (Å²) in [6.07, 6.45) is -1.39. The molecule has 1 fully saturated rings. The molecule has 2 atom stereocenters. The SMILES string of the molecule is C[C@H]1CCCN(C(=O)C[C@@H]2Sc3ccc(C(F)(F)F)cc3NC2=O)CC1. The second kappa shape index (κ2) is 7.50. The van der Waals surface area contributed by atoms with Gasteiger partial charge in [0.1, 0.15) is 0 Å². The van der Waals surface area contributed by atoms with Gasteiger partial charge in [-0.2, -0.15) is 13.2 Å². The van der Waals surface area contributed by atoms with Crippen molar-refractivity contribution in [1.82, 2.24) is 4.90 Å². The molecule has 4 nitrogen and oxygen atoms in total. The lowest BCUT2D eigenvalue weighted by Crippen LogP contribution is -2.38. The number of halogens is 3. The van der Waals surface area contributed by atoms with Crippen LogP contribution in [0.2, 0.25) is 0 Å². The van der Waals surface area contributed by atoms with E-state index in [1.165, 1.54) is 6.07 Å². The molecule has 2 aliphatic heterocycles. The molecule has 1 saturated heterocycles. The molecule has 8 heteroatoms. The van der Waals surface area contributed by atoms with Gasteiger partial charge in [0.2, 0.25) is 11.8 Å². The van der Waals surface area contributed by atoms with Gasteiger partial charge in [-0.3, -0.25) is 9.59 Å². The van der Waals surface area contributed by atoms with Crippen molar-refractivity contribution < 1.29 is 22.8 Å². The molecule has 0 spiro atoms. The highest BCUT2D eigenvalue weighted by atomic mass is 32.2. The lowest BCUT2D eigenvalue weighted by molar-refractivity contribution is -0.137. The van der Waals surface area contributed by atoms with E-state index in [0.29, 0.717) is 23.9 Å². The van der Waals surface area contributed by atoms with Gasteiger partial charge >= 0.3 is 6.18 Å². The summed E-state index contributed by atoms with van der Waals surface area (Å²) in [6, 6.07) is 3.29. The number of nitrogens with one attached hydrogen (secondary N) is 1. The third-order valence-corrected chi connectivity index (χ3v) is 6.13. The Hall–Kier alpha value is -1.70. The molecule has 3 rings (SSSR count). The van der Waals surface area contributed by atoms with Crippen LogP contribution in [-0.2, 0) is 15.8 Å². The normalized spacial score (nSPS) is 23.8. The molecular formula is C18H21F3N2O2S. The molecular weight excluding hydrogens is 365 g/mol. The van der Waals surface area contributed by atoms with E-state index in [1.54, 1.807) is 4.90 Å². The van der Waals surface area contributed by atoms with E-state index in [0.717, 1.165) is 43.2 Å². The van der Waals surface area contributed by atoms with Crippen molar-refractivity contribution in [2.75, 3.05) is 18.4 Å². The number of rotatable bonds is 2. The van der Waals surface area contributed by atoms with Crippen LogP contribution in [0.1, 0.15) is 38.2 Å². The van der Waals surface area contributed by atoms with Gasteiger partial charge in [-0.15, -0.1) is 11.8 Å². The Labute approximate surface area is 154 Å². The second-order valence-corrected chi connectivity index (χ2v) is 8.17. The van der Waals surface area contributed by atoms with Crippen LogP contribution in [0.5, 0.6) is 0 Å². The van der Waals surface area contributed by atoms with Crippen molar-refractivity contribution in [2.45, 2.75) is 48.9 Å². The number of alkyl halides is 3. The molecule has 0 bridgehead atoms. The van der Waals surface area contributed by atoms with E-state index in [4.69, 9.17) is 0 Å². The van der Waals surface area contributed by atoms with Gasteiger partial charge in [-0.05, 0) is 43.4 Å². The first-order valence-electron chi connectivity index (χ1n) is 8.70. The Morgan fingerprint density at radius 2 is 2.08 bits per heavy atom. The van der Waals surface area contributed by atoms with Crippen molar-refractivity contribution >= 4 is 29.3 Å². The highest BCUT2D eigenvalue weighted by molar-refractivity contribution is 8.01. The van der Waals surface area contributed by atoms with Crippen LogP contribution >= 0.6 is 11.8 Å². The fourth-order valence-corrected chi connectivity index (χ4v) is 4.34. The Bertz CT molecular complexity index is 708. The Morgan fingerprint density at radius 3 is 2.81 bits per heavy atom. The lowest BCUT2D eigenvalue weighted by Gasteiger charge is -2.27. The van der Waals surface area contributed by atoms with E-state index in [2.05, 4.69) is 12.2 Å². The summed E-state index contributed by atoms with van der Waals surface area (Å²) in [6.45, 7) is 3.57. The number of carbonyl (C=O) groups is 2. The molecule has 0 aromatic heterocycles. The zero-order chi connectivity index (χ0) is 18.9. The minimum Gasteiger partial charge on any atom is -0.343 e. The molecule has 142 valence electrons. The summed E-state index contributed by atoms with van der Waals surface area (Å²) in [7, 11) is 0. The largest absolute Gasteiger partial charge is 0.416 e. The lowest BCUT2D eigenvalue weighted by atomic mass is 10.0. The van der Waals surface area contributed by atoms with Crippen LogP contribution in [0.25, 0.3) is 0 Å². The van der Waals surface area contributed by atoms with Crippen LogP contribution < -0.4 is 5.32 Å². The molecule has 0 aliphatic carbocycles. The molecule has 0 radical (unpaired) electrons. The van der Waals surface area contributed by atoms with E-state index in [1.807, 2.05) is 0 Å². The van der Waals surface area contributed by atoms with E-state index in [9.17, 15) is 22.8 Å². The van der Waals surface area contributed by atoms with Crippen molar-refractivity contribution in [1.29, 1.82) is 0 Å². The molecule has 1 aromatic carbocycles. The molecule has 2 heterocycles. The highest BCUT2D eigenvalue weighted by Crippen LogP contribution is 2.40. The zero-order valence-corrected chi connectivity index (χ0v) is 15.3. The number of hydrogen-bond donors (Lipinski definition) is 1. The quantitative estimate of drug-likeness (QED) is 0.831. The number of amides is 2. The molecule has 1 N–H and O–H groups in total. The molecule has 2 aliphatic rings. The summed E-state index contributed by atoms with van der Waals surface area (Å²) in [4.78, 5) is 27.2. The smallest absolute Gasteiger partial charge is 0.343 e. The number of anilines is 1. The average Bonchev–Trinajstić information content (AvgIpc) is 2.79. The van der Waals surface area contributed by atoms with Gasteiger partial charge in [-0.1, -0.05) is 6.92 Å². The fourth-order valence-electron chi connectivity index (χ4n) is 3.26.